The molecule has 0 atom stereocenters. The molecule has 0 radical (unpaired) electrons. The van der Waals surface area contributed by atoms with Gasteiger partial charge in [0.05, 0.1) is 0 Å². The van der Waals surface area contributed by atoms with Crippen LogP contribution in [-0.2, 0) is 11.3 Å². The number of nitrogens with zero attached hydrogens (tertiary/aromatic N) is 1. The minimum atomic E-state index is -0.493. The van der Waals surface area contributed by atoms with Crippen molar-refractivity contribution in [2.24, 2.45) is 0 Å². The van der Waals surface area contributed by atoms with Gasteiger partial charge in [0.1, 0.15) is 11.6 Å². The Morgan fingerprint density at radius 1 is 1.08 bits per heavy atom. The lowest BCUT2D eigenvalue weighted by atomic mass is 10.2. The highest BCUT2D eigenvalue weighted by molar-refractivity contribution is 5.94. The Bertz CT molecular complexity index is 734. The van der Waals surface area contributed by atoms with E-state index in [9.17, 15) is 18.4 Å². The van der Waals surface area contributed by atoms with Gasteiger partial charge in [-0.25, -0.2) is 8.78 Å². The molecule has 126 valence electrons. The van der Waals surface area contributed by atoms with E-state index in [0.29, 0.717) is 5.56 Å². The first-order chi connectivity index (χ1) is 11.5. The Hall–Kier alpha value is -2.76. The summed E-state index contributed by atoms with van der Waals surface area (Å²) in [6.45, 7) is 1.92. The molecule has 0 aliphatic rings. The Labute approximate surface area is 139 Å². The average molecular weight is 332 g/mol. The van der Waals surface area contributed by atoms with E-state index in [1.165, 1.54) is 36.1 Å². The van der Waals surface area contributed by atoms with E-state index in [4.69, 9.17) is 0 Å². The Balaban J connectivity index is 1.91. The van der Waals surface area contributed by atoms with E-state index >= 15 is 0 Å². The van der Waals surface area contributed by atoms with Gasteiger partial charge in [-0.3, -0.25) is 9.59 Å². The van der Waals surface area contributed by atoms with Gasteiger partial charge in [0.15, 0.2) is 0 Å². The quantitative estimate of drug-likeness (QED) is 0.884. The second-order valence-electron chi connectivity index (χ2n) is 5.30. The SMILES string of the molecule is CC(=O)N(CCNC(=O)c1cccc(F)c1)Cc1ccccc1F. The van der Waals surface area contributed by atoms with Crippen molar-refractivity contribution in [2.45, 2.75) is 13.5 Å². The molecule has 24 heavy (non-hydrogen) atoms. The molecule has 0 unspecified atom stereocenters. The Morgan fingerprint density at radius 2 is 1.83 bits per heavy atom. The number of hydrogen-bond acceptors (Lipinski definition) is 2. The van der Waals surface area contributed by atoms with Gasteiger partial charge in [0.2, 0.25) is 5.91 Å². The fraction of sp³-hybridized carbons (Fsp3) is 0.222. The van der Waals surface area contributed by atoms with Crippen LogP contribution in [0.15, 0.2) is 48.5 Å². The van der Waals surface area contributed by atoms with E-state index in [-0.39, 0.29) is 36.9 Å². The number of rotatable bonds is 6. The molecular formula is C18H18F2N2O2. The highest BCUT2D eigenvalue weighted by Gasteiger charge is 2.13. The molecular weight excluding hydrogens is 314 g/mol. The third-order valence-electron chi connectivity index (χ3n) is 3.52. The summed E-state index contributed by atoms with van der Waals surface area (Å²) in [6, 6.07) is 11.6. The van der Waals surface area contributed by atoms with Gasteiger partial charge in [-0.1, -0.05) is 24.3 Å². The largest absolute Gasteiger partial charge is 0.350 e. The minimum absolute atomic E-state index is 0.123. The lowest BCUT2D eigenvalue weighted by molar-refractivity contribution is -0.129. The predicted molar refractivity (Wildman–Crippen MR) is 86.2 cm³/mol. The zero-order valence-corrected chi connectivity index (χ0v) is 13.3. The van der Waals surface area contributed by atoms with Crippen LogP contribution in [0.1, 0.15) is 22.8 Å². The second-order valence-corrected chi connectivity index (χ2v) is 5.30. The number of carbonyl (C=O) groups is 2. The summed E-state index contributed by atoms with van der Waals surface area (Å²) >= 11 is 0. The normalized spacial score (nSPS) is 10.3. The van der Waals surface area contributed by atoms with Crippen molar-refractivity contribution in [1.82, 2.24) is 10.2 Å². The van der Waals surface area contributed by atoms with Crippen LogP contribution in [0.4, 0.5) is 8.78 Å². The van der Waals surface area contributed by atoms with Crippen LogP contribution in [0.2, 0.25) is 0 Å². The third kappa shape index (κ3) is 4.87. The first-order valence-electron chi connectivity index (χ1n) is 7.50. The maximum absolute atomic E-state index is 13.7. The van der Waals surface area contributed by atoms with Gasteiger partial charge in [0.25, 0.3) is 5.91 Å². The summed E-state index contributed by atoms with van der Waals surface area (Å²) in [7, 11) is 0. The summed E-state index contributed by atoms with van der Waals surface area (Å²) in [4.78, 5) is 25.0. The molecule has 2 rings (SSSR count). The summed E-state index contributed by atoms with van der Waals surface area (Å²) in [5.41, 5.74) is 0.614. The summed E-state index contributed by atoms with van der Waals surface area (Å²) in [5.74, 6) is -1.53. The predicted octanol–water partition coefficient (Wildman–Crippen LogP) is 2.74. The van der Waals surface area contributed by atoms with Crippen LogP contribution in [0.25, 0.3) is 0 Å². The molecule has 4 nitrogen and oxygen atoms in total. The summed E-state index contributed by atoms with van der Waals surface area (Å²) < 4.78 is 26.8. The van der Waals surface area contributed by atoms with Crippen LogP contribution in [0, 0.1) is 11.6 Å². The van der Waals surface area contributed by atoms with Gasteiger partial charge in [-0.2, -0.15) is 0 Å². The van der Waals surface area contributed by atoms with Crippen LogP contribution in [-0.4, -0.2) is 29.8 Å². The number of amides is 2. The molecule has 2 aromatic rings. The zero-order chi connectivity index (χ0) is 17.5. The van der Waals surface area contributed by atoms with Crippen molar-refractivity contribution in [3.05, 3.63) is 71.3 Å². The van der Waals surface area contributed by atoms with Crippen molar-refractivity contribution >= 4 is 11.8 Å². The third-order valence-corrected chi connectivity index (χ3v) is 3.52. The lowest BCUT2D eigenvalue weighted by Gasteiger charge is -2.21. The Kier molecular flexibility index (Phi) is 6.01. The molecule has 0 aromatic heterocycles. The molecule has 0 saturated carbocycles. The van der Waals surface area contributed by atoms with E-state index in [2.05, 4.69) is 5.32 Å². The van der Waals surface area contributed by atoms with Crippen molar-refractivity contribution < 1.29 is 18.4 Å². The maximum Gasteiger partial charge on any atom is 0.251 e. The molecule has 0 fully saturated rings. The highest BCUT2D eigenvalue weighted by atomic mass is 19.1. The molecule has 0 aliphatic carbocycles. The number of carbonyl (C=O) groups excluding carboxylic acids is 2. The molecule has 6 heteroatoms. The lowest BCUT2D eigenvalue weighted by Crippen LogP contribution is -2.37. The average Bonchev–Trinajstić information content (AvgIpc) is 2.55. The molecule has 2 aromatic carbocycles. The number of benzene rings is 2. The van der Waals surface area contributed by atoms with Crippen LogP contribution < -0.4 is 5.32 Å². The first kappa shape index (κ1) is 17.6. The van der Waals surface area contributed by atoms with Crippen molar-refractivity contribution in [1.29, 1.82) is 0 Å². The minimum Gasteiger partial charge on any atom is -0.350 e. The monoisotopic (exact) mass is 332 g/mol. The highest BCUT2D eigenvalue weighted by Crippen LogP contribution is 2.10. The van der Waals surface area contributed by atoms with Crippen molar-refractivity contribution in [3.8, 4) is 0 Å². The molecule has 0 saturated heterocycles. The fourth-order valence-electron chi connectivity index (χ4n) is 2.22. The topological polar surface area (TPSA) is 49.4 Å². The van der Waals surface area contributed by atoms with Gasteiger partial charge < -0.3 is 10.2 Å². The number of nitrogens with one attached hydrogen (secondary N) is 1. The van der Waals surface area contributed by atoms with Crippen molar-refractivity contribution in [2.75, 3.05) is 13.1 Å². The summed E-state index contributed by atoms with van der Waals surface area (Å²) in [6.07, 6.45) is 0. The van der Waals surface area contributed by atoms with E-state index in [1.807, 2.05) is 0 Å². The van der Waals surface area contributed by atoms with E-state index in [1.54, 1.807) is 18.2 Å². The van der Waals surface area contributed by atoms with Crippen LogP contribution in [0.5, 0.6) is 0 Å². The smallest absolute Gasteiger partial charge is 0.251 e. The number of hydrogen-bond donors (Lipinski definition) is 1. The second kappa shape index (κ2) is 8.19. The van der Waals surface area contributed by atoms with Gasteiger partial charge in [-0.05, 0) is 24.3 Å². The van der Waals surface area contributed by atoms with Gasteiger partial charge >= 0.3 is 0 Å². The molecule has 0 heterocycles. The number of halogens is 2. The van der Waals surface area contributed by atoms with E-state index in [0.717, 1.165) is 6.07 Å². The van der Waals surface area contributed by atoms with Crippen LogP contribution in [0.3, 0.4) is 0 Å². The Morgan fingerprint density at radius 3 is 2.50 bits per heavy atom. The fourth-order valence-corrected chi connectivity index (χ4v) is 2.22. The van der Waals surface area contributed by atoms with Crippen LogP contribution >= 0.6 is 0 Å². The standard InChI is InChI=1S/C18H18F2N2O2/c1-13(23)22(12-15-5-2-3-8-17(15)20)10-9-21-18(24)14-6-4-7-16(19)11-14/h2-8,11H,9-10,12H2,1H3,(H,21,24). The summed E-state index contributed by atoms with van der Waals surface area (Å²) in [5, 5.41) is 2.62. The zero-order valence-electron chi connectivity index (χ0n) is 13.3. The molecule has 0 spiro atoms. The first-order valence-corrected chi connectivity index (χ1v) is 7.50. The van der Waals surface area contributed by atoms with Gasteiger partial charge in [0, 0.05) is 37.7 Å². The molecule has 2 amide bonds. The molecule has 1 N–H and O–H groups in total. The molecule has 0 bridgehead atoms. The van der Waals surface area contributed by atoms with Crippen molar-refractivity contribution in [3.63, 3.8) is 0 Å². The molecule has 0 aliphatic heterocycles. The van der Waals surface area contributed by atoms with E-state index < -0.39 is 11.7 Å². The van der Waals surface area contributed by atoms with Gasteiger partial charge in [-0.15, -0.1) is 0 Å². The maximum atomic E-state index is 13.7.